The molecule has 21 heavy (non-hydrogen) atoms. The van der Waals surface area contributed by atoms with Gasteiger partial charge >= 0.3 is 11.7 Å². The fourth-order valence-electron chi connectivity index (χ4n) is 1.56. The standard InChI is InChI=1S/C13H21N3O5/c1-8(2)12(17)20-7-9(3)21-10(4)16-6-5-11(15-19)14-13(16)18/h5-6,8-10,19H,7H2,1-4H3,(H,14,15,18). The van der Waals surface area contributed by atoms with Gasteiger partial charge in [-0.15, -0.1) is 0 Å². The Morgan fingerprint density at radius 2 is 2.10 bits per heavy atom. The van der Waals surface area contributed by atoms with E-state index in [0.717, 1.165) is 0 Å². The zero-order valence-corrected chi connectivity index (χ0v) is 12.6. The van der Waals surface area contributed by atoms with Crippen LogP contribution >= 0.6 is 0 Å². The summed E-state index contributed by atoms with van der Waals surface area (Å²) in [4.78, 5) is 26.7. The smallest absolute Gasteiger partial charge is 0.351 e. The van der Waals surface area contributed by atoms with Crippen molar-refractivity contribution in [3.8, 4) is 0 Å². The van der Waals surface area contributed by atoms with E-state index in [1.807, 2.05) is 0 Å². The number of hydrogen-bond acceptors (Lipinski definition) is 7. The van der Waals surface area contributed by atoms with Gasteiger partial charge in [0.15, 0.2) is 5.82 Å². The van der Waals surface area contributed by atoms with Gasteiger partial charge in [-0.05, 0) is 19.9 Å². The van der Waals surface area contributed by atoms with Crippen LogP contribution in [-0.2, 0) is 14.3 Å². The molecule has 0 saturated carbocycles. The van der Waals surface area contributed by atoms with Gasteiger partial charge < -0.3 is 9.47 Å². The SMILES string of the molecule is CC(COC(=O)C(C)C)OC(C)n1ccc(NO)nc1=O. The fraction of sp³-hybridized carbons (Fsp3) is 0.615. The van der Waals surface area contributed by atoms with Gasteiger partial charge in [0.25, 0.3) is 0 Å². The highest BCUT2D eigenvalue weighted by molar-refractivity contribution is 5.71. The third-order valence-corrected chi connectivity index (χ3v) is 2.70. The topological polar surface area (TPSA) is 103 Å². The van der Waals surface area contributed by atoms with E-state index in [4.69, 9.17) is 14.7 Å². The highest BCUT2D eigenvalue weighted by Gasteiger charge is 2.15. The van der Waals surface area contributed by atoms with Crippen molar-refractivity contribution < 1.29 is 19.5 Å². The first kappa shape index (κ1) is 17.1. The molecular formula is C13H21N3O5. The van der Waals surface area contributed by atoms with E-state index in [0.29, 0.717) is 0 Å². The molecule has 0 radical (unpaired) electrons. The van der Waals surface area contributed by atoms with Gasteiger partial charge in [-0.25, -0.2) is 4.79 Å². The van der Waals surface area contributed by atoms with E-state index in [2.05, 4.69) is 4.98 Å². The lowest BCUT2D eigenvalue weighted by atomic mass is 10.2. The zero-order chi connectivity index (χ0) is 16.0. The number of esters is 1. The molecule has 2 unspecified atom stereocenters. The van der Waals surface area contributed by atoms with Crippen molar-refractivity contribution in [2.75, 3.05) is 12.1 Å². The van der Waals surface area contributed by atoms with Crippen LogP contribution in [0.2, 0.25) is 0 Å². The summed E-state index contributed by atoms with van der Waals surface area (Å²) in [6.45, 7) is 7.03. The van der Waals surface area contributed by atoms with Gasteiger partial charge in [-0.3, -0.25) is 20.0 Å². The van der Waals surface area contributed by atoms with Crippen LogP contribution in [-0.4, -0.2) is 33.4 Å². The summed E-state index contributed by atoms with van der Waals surface area (Å²) in [7, 11) is 0. The summed E-state index contributed by atoms with van der Waals surface area (Å²) in [5.41, 5.74) is 1.23. The van der Waals surface area contributed by atoms with Crippen LogP contribution in [0.1, 0.15) is 33.9 Å². The molecule has 118 valence electrons. The summed E-state index contributed by atoms with van der Waals surface area (Å²) < 4.78 is 11.9. The molecule has 0 aromatic carbocycles. The van der Waals surface area contributed by atoms with Gasteiger partial charge in [0.2, 0.25) is 0 Å². The molecule has 1 aromatic rings. The molecule has 1 aromatic heterocycles. The third kappa shape index (κ3) is 5.16. The average molecular weight is 299 g/mol. The monoisotopic (exact) mass is 299 g/mol. The second-order valence-electron chi connectivity index (χ2n) is 4.95. The normalized spacial score (nSPS) is 13.8. The van der Waals surface area contributed by atoms with Crippen molar-refractivity contribution in [1.82, 2.24) is 9.55 Å². The summed E-state index contributed by atoms with van der Waals surface area (Å²) in [6.07, 6.45) is 0.501. The number of nitrogens with one attached hydrogen (secondary N) is 1. The van der Waals surface area contributed by atoms with Crippen molar-refractivity contribution >= 4 is 11.8 Å². The second kappa shape index (κ2) is 7.75. The molecule has 8 heteroatoms. The number of anilines is 1. The Kier molecular flexibility index (Phi) is 6.32. The first-order valence-corrected chi connectivity index (χ1v) is 6.66. The van der Waals surface area contributed by atoms with Crippen LogP contribution < -0.4 is 11.2 Å². The number of hydrogen-bond donors (Lipinski definition) is 2. The van der Waals surface area contributed by atoms with E-state index >= 15 is 0 Å². The fourth-order valence-corrected chi connectivity index (χ4v) is 1.56. The lowest BCUT2D eigenvalue weighted by molar-refractivity contribution is -0.154. The maximum absolute atomic E-state index is 11.7. The maximum Gasteiger partial charge on any atom is 0.351 e. The first-order valence-electron chi connectivity index (χ1n) is 6.66. The highest BCUT2D eigenvalue weighted by atomic mass is 16.6. The largest absolute Gasteiger partial charge is 0.463 e. The van der Waals surface area contributed by atoms with E-state index in [9.17, 15) is 9.59 Å². The Morgan fingerprint density at radius 1 is 1.43 bits per heavy atom. The zero-order valence-electron chi connectivity index (χ0n) is 12.6. The van der Waals surface area contributed by atoms with E-state index in [-0.39, 0.29) is 30.4 Å². The molecule has 2 N–H and O–H groups in total. The van der Waals surface area contributed by atoms with Crippen LogP contribution in [0.4, 0.5) is 5.82 Å². The number of carbonyl (C=O) groups is 1. The molecule has 1 heterocycles. The molecule has 1 rings (SSSR count). The van der Waals surface area contributed by atoms with Gasteiger partial charge in [0.05, 0.1) is 12.0 Å². The second-order valence-corrected chi connectivity index (χ2v) is 4.95. The molecule has 0 aliphatic heterocycles. The van der Waals surface area contributed by atoms with Crippen molar-refractivity contribution in [3.63, 3.8) is 0 Å². The lowest BCUT2D eigenvalue weighted by Crippen LogP contribution is -2.30. The molecule has 0 bridgehead atoms. The van der Waals surface area contributed by atoms with Gasteiger partial charge in [-0.1, -0.05) is 13.8 Å². The molecule has 0 spiro atoms. The average Bonchev–Trinajstić information content (AvgIpc) is 2.44. The number of aromatic nitrogens is 2. The minimum Gasteiger partial charge on any atom is -0.463 e. The molecule has 2 atom stereocenters. The molecule has 8 nitrogen and oxygen atoms in total. The Bertz CT molecular complexity index is 529. The van der Waals surface area contributed by atoms with E-state index in [1.165, 1.54) is 16.8 Å². The van der Waals surface area contributed by atoms with Crippen LogP contribution in [0.5, 0.6) is 0 Å². The molecular weight excluding hydrogens is 278 g/mol. The number of ether oxygens (including phenoxy) is 2. The summed E-state index contributed by atoms with van der Waals surface area (Å²) in [6, 6.07) is 1.44. The molecule has 0 amide bonds. The van der Waals surface area contributed by atoms with Crippen molar-refractivity contribution in [2.45, 2.75) is 40.0 Å². The predicted octanol–water partition coefficient (Wildman–Crippen LogP) is 1.17. The Balaban J connectivity index is 2.58. The van der Waals surface area contributed by atoms with Crippen LogP contribution in [0, 0.1) is 5.92 Å². The Labute approximate surface area is 122 Å². The predicted molar refractivity (Wildman–Crippen MR) is 75.0 cm³/mol. The van der Waals surface area contributed by atoms with E-state index in [1.54, 1.807) is 33.2 Å². The molecule has 0 aliphatic rings. The third-order valence-electron chi connectivity index (χ3n) is 2.70. The highest BCUT2D eigenvalue weighted by Crippen LogP contribution is 2.10. The molecule has 0 fully saturated rings. The Hall–Kier alpha value is -1.93. The van der Waals surface area contributed by atoms with Crippen LogP contribution in [0.3, 0.4) is 0 Å². The number of nitrogens with zero attached hydrogens (tertiary/aromatic N) is 2. The van der Waals surface area contributed by atoms with Gasteiger partial charge in [0.1, 0.15) is 12.8 Å². The summed E-state index contributed by atoms with van der Waals surface area (Å²) in [5, 5.41) is 8.66. The summed E-state index contributed by atoms with van der Waals surface area (Å²) in [5.74, 6) is -0.433. The van der Waals surface area contributed by atoms with Crippen molar-refractivity contribution in [2.24, 2.45) is 5.92 Å². The number of carbonyl (C=O) groups excluding carboxylic acids is 1. The summed E-state index contributed by atoms with van der Waals surface area (Å²) >= 11 is 0. The molecule has 0 saturated heterocycles. The minimum atomic E-state index is -0.578. The first-order chi connectivity index (χ1) is 9.85. The van der Waals surface area contributed by atoms with Gasteiger partial charge in [-0.2, -0.15) is 4.98 Å². The maximum atomic E-state index is 11.7. The Morgan fingerprint density at radius 3 is 2.62 bits per heavy atom. The van der Waals surface area contributed by atoms with Crippen molar-refractivity contribution in [1.29, 1.82) is 0 Å². The van der Waals surface area contributed by atoms with E-state index < -0.39 is 11.9 Å². The minimum absolute atomic E-state index is 0.0577. The molecule has 0 aliphatic carbocycles. The van der Waals surface area contributed by atoms with Crippen LogP contribution in [0.15, 0.2) is 17.1 Å². The van der Waals surface area contributed by atoms with Crippen molar-refractivity contribution in [3.05, 3.63) is 22.7 Å². The quantitative estimate of drug-likeness (QED) is 0.575. The number of rotatable bonds is 7. The van der Waals surface area contributed by atoms with Gasteiger partial charge in [0, 0.05) is 6.20 Å². The lowest BCUT2D eigenvalue weighted by Gasteiger charge is -2.21. The van der Waals surface area contributed by atoms with Crippen LogP contribution in [0.25, 0.3) is 0 Å².